The molecule has 0 radical (unpaired) electrons. The number of hydrogen-bond acceptors (Lipinski definition) is 2. The molecule has 3 atom stereocenters. The first-order valence-corrected chi connectivity index (χ1v) is 6.12. The Morgan fingerprint density at radius 3 is 1.93 bits per heavy atom. The van der Waals surface area contributed by atoms with Crippen LogP contribution in [0.3, 0.4) is 0 Å². The van der Waals surface area contributed by atoms with Gasteiger partial charge in [-0.1, -0.05) is 13.8 Å². The molecule has 2 heteroatoms. The van der Waals surface area contributed by atoms with Gasteiger partial charge in [0.15, 0.2) is 0 Å². The van der Waals surface area contributed by atoms with Crippen LogP contribution < -0.4 is 5.73 Å². The zero-order valence-corrected chi connectivity index (χ0v) is 9.74. The van der Waals surface area contributed by atoms with Crippen LogP contribution in [-0.2, 0) is 0 Å². The highest BCUT2D eigenvalue weighted by Gasteiger charge is 2.42. The molecule has 2 bridgehead atoms. The van der Waals surface area contributed by atoms with Gasteiger partial charge in [-0.05, 0) is 44.4 Å². The van der Waals surface area contributed by atoms with E-state index in [1.165, 1.54) is 25.7 Å². The van der Waals surface area contributed by atoms with E-state index in [1.54, 1.807) is 0 Å². The summed E-state index contributed by atoms with van der Waals surface area (Å²) >= 11 is 0. The van der Waals surface area contributed by atoms with E-state index < -0.39 is 0 Å². The Hall–Kier alpha value is -0.0800. The second-order valence-electron chi connectivity index (χ2n) is 5.55. The van der Waals surface area contributed by atoms with Gasteiger partial charge in [-0.15, -0.1) is 0 Å². The van der Waals surface area contributed by atoms with Crippen LogP contribution >= 0.6 is 0 Å². The minimum atomic E-state index is 0.264. The topological polar surface area (TPSA) is 29.3 Å². The van der Waals surface area contributed by atoms with Crippen LogP contribution in [0.5, 0.6) is 0 Å². The van der Waals surface area contributed by atoms with Gasteiger partial charge in [-0.3, -0.25) is 4.90 Å². The Kier molecular flexibility index (Phi) is 2.85. The van der Waals surface area contributed by atoms with Crippen LogP contribution in [0.25, 0.3) is 0 Å². The Morgan fingerprint density at radius 2 is 1.57 bits per heavy atom. The Bertz CT molecular complexity index is 186. The first kappa shape index (κ1) is 10.4. The Morgan fingerprint density at radius 1 is 1.07 bits per heavy atom. The van der Waals surface area contributed by atoms with Crippen LogP contribution in [0.1, 0.15) is 46.5 Å². The second kappa shape index (κ2) is 3.82. The molecule has 0 amide bonds. The van der Waals surface area contributed by atoms with Gasteiger partial charge in [-0.25, -0.2) is 0 Å². The lowest BCUT2D eigenvalue weighted by molar-refractivity contribution is 0.0546. The number of piperidine rings is 1. The lowest BCUT2D eigenvalue weighted by Gasteiger charge is -2.42. The fourth-order valence-electron chi connectivity index (χ4n) is 3.46. The highest BCUT2D eigenvalue weighted by molar-refractivity contribution is 4.96. The summed E-state index contributed by atoms with van der Waals surface area (Å²) in [5.41, 5.74) is 6.04. The zero-order chi connectivity index (χ0) is 10.3. The first-order chi connectivity index (χ1) is 6.59. The smallest absolute Gasteiger partial charge is 0.0548 e. The van der Waals surface area contributed by atoms with Crippen molar-refractivity contribution in [1.29, 1.82) is 0 Å². The minimum Gasteiger partial charge on any atom is -0.316 e. The summed E-state index contributed by atoms with van der Waals surface area (Å²) in [5, 5.41) is 0. The lowest BCUT2D eigenvalue weighted by Crippen LogP contribution is -2.51. The average Bonchev–Trinajstić information content (AvgIpc) is 2.37. The summed E-state index contributed by atoms with van der Waals surface area (Å²) in [6, 6.07) is 1.59. The van der Waals surface area contributed by atoms with Crippen LogP contribution in [-0.4, -0.2) is 23.1 Å². The molecule has 2 aliphatic rings. The van der Waals surface area contributed by atoms with Crippen molar-refractivity contribution in [1.82, 2.24) is 4.90 Å². The van der Waals surface area contributed by atoms with Crippen LogP contribution in [0.15, 0.2) is 0 Å². The molecule has 82 valence electrons. The third kappa shape index (κ3) is 1.70. The number of fused-ring (bicyclic) bond motifs is 2. The van der Waals surface area contributed by atoms with E-state index in [-0.39, 0.29) is 6.17 Å². The van der Waals surface area contributed by atoms with Crippen molar-refractivity contribution >= 4 is 0 Å². The molecule has 0 spiro atoms. The maximum absolute atomic E-state index is 6.04. The standard InChI is InChI=1S/C12H24N2/c1-8(2)10-6-11-4-5-12(7-10)14(11)9(3)13/h8-12H,4-7,13H2,1-3H3. The number of hydrogen-bond donors (Lipinski definition) is 1. The molecule has 0 aliphatic carbocycles. The summed E-state index contributed by atoms with van der Waals surface area (Å²) < 4.78 is 0. The average molecular weight is 196 g/mol. The molecule has 2 aliphatic heterocycles. The van der Waals surface area contributed by atoms with Gasteiger partial charge in [0.2, 0.25) is 0 Å². The molecule has 2 heterocycles. The molecule has 2 rings (SSSR count). The maximum atomic E-state index is 6.04. The molecule has 0 saturated carbocycles. The predicted molar refractivity (Wildman–Crippen MR) is 59.9 cm³/mol. The van der Waals surface area contributed by atoms with E-state index in [0.717, 1.165) is 23.9 Å². The summed E-state index contributed by atoms with van der Waals surface area (Å²) in [6.45, 7) is 6.87. The van der Waals surface area contributed by atoms with Crippen LogP contribution in [0, 0.1) is 11.8 Å². The summed E-state index contributed by atoms with van der Waals surface area (Å²) in [7, 11) is 0. The normalized spacial score (nSPS) is 40.5. The van der Waals surface area contributed by atoms with Gasteiger partial charge in [0.1, 0.15) is 0 Å². The van der Waals surface area contributed by atoms with Gasteiger partial charge in [0.05, 0.1) is 6.17 Å². The van der Waals surface area contributed by atoms with Gasteiger partial charge < -0.3 is 5.73 Å². The molecule has 0 aromatic carbocycles. The Balaban J connectivity index is 2.05. The highest BCUT2D eigenvalue weighted by atomic mass is 15.3. The molecule has 2 saturated heterocycles. The number of rotatable bonds is 2. The molecular weight excluding hydrogens is 172 g/mol. The second-order valence-corrected chi connectivity index (χ2v) is 5.55. The van der Waals surface area contributed by atoms with E-state index in [4.69, 9.17) is 5.73 Å². The fourth-order valence-corrected chi connectivity index (χ4v) is 3.46. The van der Waals surface area contributed by atoms with E-state index >= 15 is 0 Å². The summed E-state index contributed by atoms with van der Waals surface area (Å²) in [6.07, 6.45) is 5.80. The fraction of sp³-hybridized carbons (Fsp3) is 1.00. The maximum Gasteiger partial charge on any atom is 0.0548 e. The third-order valence-corrected chi connectivity index (χ3v) is 4.24. The number of nitrogens with zero attached hydrogens (tertiary/aromatic N) is 1. The van der Waals surface area contributed by atoms with E-state index in [1.807, 2.05) is 0 Å². The van der Waals surface area contributed by atoms with Gasteiger partial charge in [-0.2, -0.15) is 0 Å². The van der Waals surface area contributed by atoms with E-state index in [2.05, 4.69) is 25.7 Å². The van der Waals surface area contributed by atoms with Crippen molar-refractivity contribution in [2.45, 2.75) is 64.7 Å². The third-order valence-electron chi connectivity index (χ3n) is 4.24. The highest BCUT2D eigenvalue weighted by Crippen LogP contribution is 2.41. The van der Waals surface area contributed by atoms with Gasteiger partial charge in [0.25, 0.3) is 0 Å². The summed E-state index contributed by atoms with van der Waals surface area (Å²) in [5.74, 6) is 1.80. The van der Waals surface area contributed by atoms with Crippen molar-refractivity contribution < 1.29 is 0 Å². The Labute approximate surface area is 87.8 Å². The van der Waals surface area contributed by atoms with Crippen molar-refractivity contribution in [3.8, 4) is 0 Å². The molecule has 3 unspecified atom stereocenters. The molecule has 2 N–H and O–H groups in total. The van der Waals surface area contributed by atoms with Crippen LogP contribution in [0.4, 0.5) is 0 Å². The first-order valence-electron chi connectivity index (χ1n) is 6.12. The summed E-state index contributed by atoms with van der Waals surface area (Å²) in [4.78, 5) is 2.57. The molecule has 2 nitrogen and oxygen atoms in total. The monoisotopic (exact) mass is 196 g/mol. The molecule has 0 aromatic heterocycles. The molecule has 2 fully saturated rings. The predicted octanol–water partition coefficient (Wildman–Crippen LogP) is 2.19. The molecule has 14 heavy (non-hydrogen) atoms. The van der Waals surface area contributed by atoms with E-state index in [9.17, 15) is 0 Å². The molecule has 0 aromatic rings. The number of nitrogens with two attached hydrogens (primary N) is 1. The van der Waals surface area contributed by atoms with Gasteiger partial charge in [0, 0.05) is 12.1 Å². The van der Waals surface area contributed by atoms with E-state index in [0.29, 0.717) is 0 Å². The lowest BCUT2D eigenvalue weighted by atomic mass is 9.82. The van der Waals surface area contributed by atoms with Crippen molar-refractivity contribution in [3.63, 3.8) is 0 Å². The minimum absolute atomic E-state index is 0.264. The zero-order valence-electron chi connectivity index (χ0n) is 9.74. The largest absolute Gasteiger partial charge is 0.316 e. The van der Waals surface area contributed by atoms with Gasteiger partial charge >= 0.3 is 0 Å². The van der Waals surface area contributed by atoms with Crippen molar-refractivity contribution in [3.05, 3.63) is 0 Å². The van der Waals surface area contributed by atoms with Crippen molar-refractivity contribution in [2.75, 3.05) is 0 Å². The van der Waals surface area contributed by atoms with Crippen molar-refractivity contribution in [2.24, 2.45) is 17.6 Å². The van der Waals surface area contributed by atoms with Crippen LogP contribution in [0.2, 0.25) is 0 Å². The molecular formula is C12H24N2. The quantitative estimate of drug-likeness (QED) is 0.733. The SMILES string of the molecule is CC(C)C1CC2CCC(C1)N2C(C)N.